The van der Waals surface area contributed by atoms with Gasteiger partial charge in [-0.25, -0.2) is 0 Å². The van der Waals surface area contributed by atoms with Gasteiger partial charge < -0.3 is 9.47 Å². The molecule has 0 unspecified atom stereocenters. The largest absolute Gasteiger partial charge is 0.466 e. The Hall–Kier alpha value is -0.190. The molecule has 100 valence electrons. The van der Waals surface area contributed by atoms with E-state index in [0.717, 1.165) is 6.42 Å². The van der Waals surface area contributed by atoms with Crippen molar-refractivity contribution in [2.45, 2.75) is 36.4 Å². The molecule has 0 aliphatic heterocycles. The van der Waals surface area contributed by atoms with E-state index in [0.29, 0.717) is 13.0 Å². The van der Waals surface area contributed by atoms with Crippen LogP contribution in [0.2, 0.25) is 0 Å². The summed E-state index contributed by atoms with van der Waals surface area (Å²) in [5.41, 5.74) is 0. The Kier molecular flexibility index (Phi) is 8.74. The Bertz CT molecular complexity index is 250. The standard InChI is InChI=1S/C10H15Cl3O4/c1-2-6-16-8(14)4-3-5-9(15)17-7-10(11,12)13/h2-7H2,1H3. The lowest BCUT2D eigenvalue weighted by Crippen LogP contribution is -2.17. The third-order valence-electron chi connectivity index (χ3n) is 1.63. The van der Waals surface area contributed by atoms with Crippen LogP contribution in [0.1, 0.15) is 32.6 Å². The molecule has 0 saturated carbocycles. The zero-order valence-electron chi connectivity index (χ0n) is 9.51. The first-order valence-corrected chi connectivity index (χ1v) is 6.36. The van der Waals surface area contributed by atoms with Crippen LogP contribution in [0.5, 0.6) is 0 Å². The first-order chi connectivity index (χ1) is 7.85. The van der Waals surface area contributed by atoms with Crippen LogP contribution in [0.4, 0.5) is 0 Å². The number of hydrogen-bond donors (Lipinski definition) is 0. The number of hydrogen-bond acceptors (Lipinski definition) is 4. The summed E-state index contributed by atoms with van der Waals surface area (Å²) in [7, 11) is 0. The third-order valence-corrected chi connectivity index (χ3v) is 1.95. The summed E-state index contributed by atoms with van der Waals surface area (Å²) in [5, 5.41) is 0. The molecule has 0 radical (unpaired) electrons. The van der Waals surface area contributed by atoms with Gasteiger partial charge in [-0.15, -0.1) is 0 Å². The SMILES string of the molecule is CCCOC(=O)CCCC(=O)OCC(Cl)(Cl)Cl. The van der Waals surface area contributed by atoms with E-state index in [2.05, 4.69) is 4.74 Å². The van der Waals surface area contributed by atoms with Gasteiger partial charge in [0.1, 0.15) is 6.61 Å². The minimum absolute atomic E-state index is 0.0992. The van der Waals surface area contributed by atoms with Crippen LogP contribution in [0.25, 0.3) is 0 Å². The molecule has 0 aliphatic rings. The van der Waals surface area contributed by atoms with Crippen molar-refractivity contribution < 1.29 is 19.1 Å². The lowest BCUT2D eigenvalue weighted by Gasteiger charge is -2.10. The monoisotopic (exact) mass is 304 g/mol. The average Bonchev–Trinajstić information content (AvgIpc) is 2.22. The molecular weight excluding hydrogens is 290 g/mol. The van der Waals surface area contributed by atoms with Gasteiger partial charge in [-0.3, -0.25) is 9.59 Å². The van der Waals surface area contributed by atoms with E-state index in [1.54, 1.807) is 0 Å². The zero-order chi connectivity index (χ0) is 13.3. The van der Waals surface area contributed by atoms with Crippen molar-refractivity contribution in [3.8, 4) is 0 Å². The molecule has 0 aromatic heterocycles. The Morgan fingerprint density at radius 2 is 1.59 bits per heavy atom. The summed E-state index contributed by atoms with van der Waals surface area (Å²) in [5.74, 6) is -0.819. The molecule has 0 aliphatic carbocycles. The summed E-state index contributed by atoms with van der Waals surface area (Å²) in [6, 6.07) is 0. The van der Waals surface area contributed by atoms with Crippen molar-refractivity contribution in [3.05, 3.63) is 0 Å². The normalized spacial score (nSPS) is 11.1. The fourth-order valence-electron chi connectivity index (χ4n) is 0.900. The minimum atomic E-state index is -1.60. The van der Waals surface area contributed by atoms with E-state index in [-0.39, 0.29) is 25.4 Å². The summed E-state index contributed by atoms with van der Waals surface area (Å²) in [6.45, 7) is 2.01. The van der Waals surface area contributed by atoms with Crippen molar-refractivity contribution in [2.24, 2.45) is 0 Å². The fourth-order valence-corrected chi connectivity index (χ4v) is 1.06. The first kappa shape index (κ1) is 16.8. The van der Waals surface area contributed by atoms with Gasteiger partial charge in [0.25, 0.3) is 0 Å². The maximum absolute atomic E-state index is 11.1. The van der Waals surface area contributed by atoms with Gasteiger partial charge >= 0.3 is 11.9 Å². The van der Waals surface area contributed by atoms with Crippen molar-refractivity contribution in [1.29, 1.82) is 0 Å². The number of esters is 2. The molecule has 0 N–H and O–H groups in total. The highest BCUT2D eigenvalue weighted by atomic mass is 35.6. The molecule has 0 fully saturated rings. The van der Waals surface area contributed by atoms with Gasteiger partial charge in [0, 0.05) is 12.8 Å². The van der Waals surface area contributed by atoms with Gasteiger partial charge in [0.05, 0.1) is 6.61 Å². The van der Waals surface area contributed by atoms with Crippen LogP contribution < -0.4 is 0 Å². The predicted molar refractivity (Wildman–Crippen MR) is 66.4 cm³/mol. The Labute approximate surface area is 115 Å². The molecule has 0 atom stereocenters. The van der Waals surface area contributed by atoms with Gasteiger partial charge in [0.15, 0.2) is 0 Å². The highest BCUT2D eigenvalue weighted by Crippen LogP contribution is 2.26. The minimum Gasteiger partial charge on any atom is -0.466 e. The molecule has 0 aromatic carbocycles. The number of carbonyl (C=O) groups is 2. The number of ether oxygens (including phenoxy) is 2. The Balaban J connectivity index is 3.54. The van der Waals surface area contributed by atoms with Crippen LogP contribution >= 0.6 is 34.8 Å². The highest BCUT2D eigenvalue weighted by Gasteiger charge is 2.21. The predicted octanol–water partition coefficient (Wildman–Crippen LogP) is 3.02. The number of rotatable bonds is 7. The van der Waals surface area contributed by atoms with Crippen LogP contribution in [-0.4, -0.2) is 28.9 Å². The second kappa shape index (κ2) is 8.84. The smallest absolute Gasteiger partial charge is 0.305 e. The lowest BCUT2D eigenvalue weighted by atomic mass is 10.2. The van der Waals surface area contributed by atoms with E-state index in [1.807, 2.05) is 6.92 Å². The van der Waals surface area contributed by atoms with E-state index in [4.69, 9.17) is 39.5 Å². The second-order valence-electron chi connectivity index (χ2n) is 3.35. The molecule has 7 heteroatoms. The summed E-state index contributed by atoms with van der Waals surface area (Å²) in [6.07, 6.45) is 1.42. The molecule has 0 bridgehead atoms. The lowest BCUT2D eigenvalue weighted by molar-refractivity contribution is -0.145. The zero-order valence-corrected chi connectivity index (χ0v) is 11.8. The van der Waals surface area contributed by atoms with Crippen LogP contribution in [-0.2, 0) is 19.1 Å². The van der Waals surface area contributed by atoms with E-state index in [9.17, 15) is 9.59 Å². The second-order valence-corrected chi connectivity index (χ2v) is 5.87. The highest BCUT2D eigenvalue weighted by molar-refractivity contribution is 6.67. The quantitative estimate of drug-likeness (QED) is 0.536. The molecule has 0 rings (SSSR count). The summed E-state index contributed by atoms with van der Waals surface area (Å²) in [4.78, 5) is 22.2. The molecule has 17 heavy (non-hydrogen) atoms. The van der Waals surface area contributed by atoms with E-state index in [1.165, 1.54) is 0 Å². The molecule has 4 nitrogen and oxygen atoms in total. The van der Waals surface area contributed by atoms with E-state index < -0.39 is 9.76 Å². The van der Waals surface area contributed by atoms with Crippen LogP contribution in [0, 0.1) is 0 Å². The van der Waals surface area contributed by atoms with Crippen molar-refractivity contribution in [3.63, 3.8) is 0 Å². The first-order valence-electron chi connectivity index (χ1n) is 5.23. The van der Waals surface area contributed by atoms with Gasteiger partial charge in [-0.05, 0) is 12.8 Å². The Morgan fingerprint density at radius 3 is 2.06 bits per heavy atom. The summed E-state index contributed by atoms with van der Waals surface area (Å²) < 4.78 is 7.91. The molecular formula is C10H15Cl3O4. The summed E-state index contributed by atoms with van der Waals surface area (Å²) >= 11 is 16.2. The number of halogens is 3. The van der Waals surface area contributed by atoms with Crippen LogP contribution in [0.3, 0.4) is 0 Å². The number of alkyl halides is 3. The van der Waals surface area contributed by atoms with Crippen molar-refractivity contribution in [2.75, 3.05) is 13.2 Å². The average molecular weight is 306 g/mol. The van der Waals surface area contributed by atoms with Crippen molar-refractivity contribution in [1.82, 2.24) is 0 Å². The van der Waals surface area contributed by atoms with Crippen LogP contribution in [0.15, 0.2) is 0 Å². The molecule has 0 spiro atoms. The van der Waals surface area contributed by atoms with Gasteiger partial charge in [-0.2, -0.15) is 0 Å². The maximum Gasteiger partial charge on any atom is 0.305 e. The fraction of sp³-hybridized carbons (Fsp3) is 0.800. The third kappa shape index (κ3) is 12.1. The topological polar surface area (TPSA) is 52.6 Å². The van der Waals surface area contributed by atoms with Crippen molar-refractivity contribution >= 4 is 46.7 Å². The van der Waals surface area contributed by atoms with Gasteiger partial charge in [-0.1, -0.05) is 41.7 Å². The molecule has 0 aromatic rings. The Morgan fingerprint density at radius 1 is 1.06 bits per heavy atom. The maximum atomic E-state index is 11.1. The molecule has 0 saturated heterocycles. The van der Waals surface area contributed by atoms with E-state index >= 15 is 0 Å². The molecule has 0 heterocycles. The number of carbonyl (C=O) groups excluding carboxylic acids is 2. The molecule has 0 amide bonds. The van der Waals surface area contributed by atoms with Gasteiger partial charge in [0.2, 0.25) is 3.79 Å².